The van der Waals surface area contributed by atoms with Crippen LogP contribution in [0, 0.1) is 0 Å². The molecule has 0 aliphatic heterocycles. The Bertz CT molecular complexity index is 254. The highest BCUT2D eigenvalue weighted by Crippen LogP contribution is 2.05. The van der Waals surface area contributed by atoms with Gasteiger partial charge in [-0.05, 0) is 26.7 Å². The largest absolute Gasteiger partial charge is 0.354 e. The number of hydrogen-bond acceptors (Lipinski definition) is 2. The Hall–Kier alpha value is -1.06. The molecule has 0 radical (unpaired) electrons. The molecule has 2 unspecified atom stereocenters. The minimum absolute atomic E-state index is 0.0221. The Morgan fingerprint density at radius 2 is 1.76 bits per heavy atom. The lowest BCUT2D eigenvalue weighted by Gasteiger charge is -2.27. The molecule has 0 spiro atoms. The maximum atomic E-state index is 11.6. The number of carbonyl (C=O) groups is 2. The van der Waals surface area contributed by atoms with Crippen molar-refractivity contribution in [1.29, 1.82) is 0 Å². The monoisotopic (exact) mass is 242 g/mol. The lowest BCUT2D eigenvalue weighted by atomic mass is 10.2. The fourth-order valence-corrected chi connectivity index (χ4v) is 1.58. The van der Waals surface area contributed by atoms with Gasteiger partial charge in [0.1, 0.15) is 0 Å². The van der Waals surface area contributed by atoms with Crippen LogP contribution < -0.4 is 5.32 Å². The fourth-order valence-electron chi connectivity index (χ4n) is 1.58. The lowest BCUT2D eigenvalue weighted by Crippen LogP contribution is -2.40. The predicted octanol–water partition coefficient (Wildman–Crippen LogP) is 1.94. The molecule has 0 saturated heterocycles. The Morgan fingerprint density at radius 3 is 2.18 bits per heavy atom. The molecule has 1 N–H and O–H groups in total. The van der Waals surface area contributed by atoms with Gasteiger partial charge in [0.15, 0.2) is 0 Å². The molecule has 0 fully saturated rings. The van der Waals surface area contributed by atoms with E-state index in [1.54, 1.807) is 11.8 Å². The first-order valence-electron chi connectivity index (χ1n) is 6.48. The van der Waals surface area contributed by atoms with E-state index >= 15 is 0 Å². The van der Waals surface area contributed by atoms with Crippen LogP contribution in [0.4, 0.5) is 0 Å². The Balaban J connectivity index is 4.13. The molecule has 0 saturated carbocycles. The highest BCUT2D eigenvalue weighted by atomic mass is 16.2. The summed E-state index contributed by atoms with van der Waals surface area (Å²) in [5.41, 5.74) is 0. The van der Waals surface area contributed by atoms with E-state index in [1.807, 2.05) is 27.7 Å². The van der Waals surface area contributed by atoms with Crippen LogP contribution in [0.25, 0.3) is 0 Å². The maximum Gasteiger partial charge on any atom is 0.221 e. The van der Waals surface area contributed by atoms with E-state index in [0.29, 0.717) is 13.0 Å². The van der Waals surface area contributed by atoms with Crippen molar-refractivity contribution in [1.82, 2.24) is 10.2 Å². The molecule has 0 rings (SSSR count). The quantitative estimate of drug-likeness (QED) is 0.741. The SMILES string of the molecule is CCC(C)NC(=O)CCN(C(C)=O)C(C)CC. The zero-order chi connectivity index (χ0) is 13.4. The molecule has 0 aromatic heterocycles. The number of hydrogen-bond donors (Lipinski definition) is 1. The summed E-state index contributed by atoms with van der Waals surface area (Å²) in [7, 11) is 0. The van der Waals surface area contributed by atoms with Gasteiger partial charge in [-0.25, -0.2) is 0 Å². The Morgan fingerprint density at radius 1 is 1.18 bits per heavy atom. The van der Waals surface area contributed by atoms with E-state index in [4.69, 9.17) is 0 Å². The molecule has 0 aliphatic carbocycles. The molecule has 100 valence electrons. The summed E-state index contributed by atoms with van der Waals surface area (Å²) in [5.74, 6) is 0.0598. The molecule has 4 heteroatoms. The fraction of sp³-hybridized carbons (Fsp3) is 0.846. The molecular weight excluding hydrogens is 216 g/mol. The summed E-state index contributed by atoms with van der Waals surface area (Å²) in [4.78, 5) is 24.8. The summed E-state index contributed by atoms with van der Waals surface area (Å²) < 4.78 is 0. The van der Waals surface area contributed by atoms with Gasteiger partial charge in [-0.2, -0.15) is 0 Å². The van der Waals surface area contributed by atoms with Gasteiger partial charge in [0.05, 0.1) is 0 Å². The van der Waals surface area contributed by atoms with Crippen molar-refractivity contribution in [2.75, 3.05) is 6.54 Å². The third-order valence-corrected chi connectivity index (χ3v) is 3.13. The Kier molecular flexibility index (Phi) is 7.59. The first-order chi connectivity index (χ1) is 7.92. The van der Waals surface area contributed by atoms with Crippen LogP contribution in [0.3, 0.4) is 0 Å². The van der Waals surface area contributed by atoms with Gasteiger partial charge in [0.2, 0.25) is 11.8 Å². The third kappa shape index (κ3) is 6.29. The van der Waals surface area contributed by atoms with Crippen LogP contribution in [-0.4, -0.2) is 35.3 Å². The van der Waals surface area contributed by atoms with Crippen molar-refractivity contribution in [3.05, 3.63) is 0 Å². The first-order valence-corrected chi connectivity index (χ1v) is 6.48. The minimum Gasteiger partial charge on any atom is -0.354 e. The predicted molar refractivity (Wildman–Crippen MR) is 69.7 cm³/mol. The smallest absolute Gasteiger partial charge is 0.221 e. The minimum atomic E-state index is 0.0221. The molecule has 0 bridgehead atoms. The van der Waals surface area contributed by atoms with Gasteiger partial charge < -0.3 is 10.2 Å². The summed E-state index contributed by atoms with van der Waals surface area (Å²) in [5, 5.41) is 2.90. The van der Waals surface area contributed by atoms with Crippen molar-refractivity contribution in [3.63, 3.8) is 0 Å². The number of amides is 2. The molecule has 0 aliphatic rings. The summed E-state index contributed by atoms with van der Waals surface area (Å²) in [6, 6.07) is 0.403. The van der Waals surface area contributed by atoms with E-state index in [-0.39, 0.29) is 23.9 Å². The van der Waals surface area contributed by atoms with E-state index in [0.717, 1.165) is 12.8 Å². The Labute approximate surface area is 105 Å². The lowest BCUT2D eigenvalue weighted by molar-refractivity contribution is -0.131. The number of nitrogens with one attached hydrogen (secondary N) is 1. The van der Waals surface area contributed by atoms with Crippen LogP contribution in [-0.2, 0) is 9.59 Å². The van der Waals surface area contributed by atoms with Crippen LogP contribution in [0.15, 0.2) is 0 Å². The van der Waals surface area contributed by atoms with E-state index in [1.165, 1.54) is 0 Å². The van der Waals surface area contributed by atoms with Crippen LogP contribution >= 0.6 is 0 Å². The van der Waals surface area contributed by atoms with Crippen molar-refractivity contribution in [2.24, 2.45) is 0 Å². The van der Waals surface area contributed by atoms with Gasteiger partial charge in [-0.1, -0.05) is 13.8 Å². The van der Waals surface area contributed by atoms with Gasteiger partial charge >= 0.3 is 0 Å². The number of rotatable bonds is 7. The van der Waals surface area contributed by atoms with Crippen molar-refractivity contribution >= 4 is 11.8 Å². The highest BCUT2D eigenvalue weighted by Gasteiger charge is 2.16. The van der Waals surface area contributed by atoms with Crippen LogP contribution in [0.2, 0.25) is 0 Å². The van der Waals surface area contributed by atoms with Crippen LogP contribution in [0.1, 0.15) is 53.9 Å². The average Bonchev–Trinajstić information content (AvgIpc) is 2.28. The standard InChI is InChI=1S/C13H26N2O2/c1-6-10(3)14-13(17)8-9-15(12(5)16)11(4)7-2/h10-11H,6-9H2,1-5H3,(H,14,17). The van der Waals surface area contributed by atoms with E-state index in [9.17, 15) is 9.59 Å². The number of carbonyl (C=O) groups excluding carboxylic acids is 2. The topological polar surface area (TPSA) is 49.4 Å². The van der Waals surface area contributed by atoms with Gasteiger partial charge in [0, 0.05) is 32.0 Å². The average molecular weight is 242 g/mol. The molecule has 2 atom stereocenters. The second-order valence-corrected chi connectivity index (χ2v) is 4.60. The highest BCUT2D eigenvalue weighted by molar-refractivity contribution is 5.78. The van der Waals surface area contributed by atoms with Crippen molar-refractivity contribution < 1.29 is 9.59 Å². The molecule has 4 nitrogen and oxygen atoms in total. The first kappa shape index (κ1) is 15.9. The third-order valence-electron chi connectivity index (χ3n) is 3.13. The maximum absolute atomic E-state index is 11.6. The molecular formula is C13H26N2O2. The van der Waals surface area contributed by atoms with Gasteiger partial charge in [0.25, 0.3) is 0 Å². The molecule has 0 aromatic rings. The molecule has 0 heterocycles. The van der Waals surface area contributed by atoms with Crippen molar-refractivity contribution in [2.45, 2.75) is 66.0 Å². The second-order valence-electron chi connectivity index (χ2n) is 4.60. The zero-order valence-electron chi connectivity index (χ0n) is 11.7. The summed E-state index contributed by atoms with van der Waals surface area (Å²) in [6.45, 7) is 10.1. The van der Waals surface area contributed by atoms with Crippen molar-refractivity contribution in [3.8, 4) is 0 Å². The normalized spacial score (nSPS) is 13.9. The van der Waals surface area contributed by atoms with Gasteiger partial charge in [-0.3, -0.25) is 9.59 Å². The zero-order valence-corrected chi connectivity index (χ0v) is 11.7. The molecule has 17 heavy (non-hydrogen) atoms. The van der Waals surface area contributed by atoms with E-state index < -0.39 is 0 Å². The summed E-state index contributed by atoms with van der Waals surface area (Å²) >= 11 is 0. The number of nitrogens with zero attached hydrogens (tertiary/aromatic N) is 1. The molecule has 2 amide bonds. The van der Waals surface area contributed by atoms with Gasteiger partial charge in [-0.15, -0.1) is 0 Å². The molecule has 0 aromatic carbocycles. The summed E-state index contributed by atoms with van der Waals surface area (Å²) in [6.07, 6.45) is 2.22. The second kappa shape index (κ2) is 8.09. The van der Waals surface area contributed by atoms with E-state index in [2.05, 4.69) is 5.32 Å². The van der Waals surface area contributed by atoms with Crippen LogP contribution in [0.5, 0.6) is 0 Å².